The topological polar surface area (TPSA) is 0 Å². The van der Waals surface area contributed by atoms with Gasteiger partial charge in [-0.3, -0.25) is 0 Å². The zero-order chi connectivity index (χ0) is 11.6. The Morgan fingerprint density at radius 2 is 0.857 bits per heavy atom. The first-order chi connectivity index (χ1) is 7.86. The first kappa shape index (κ1) is 32.9. The third kappa shape index (κ3) is 16.3. The monoisotopic (exact) mass is 496 g/mol. The van der Waals surface area contributed by atoms with E-state index in [0.29, 0.717) is 0 Å². The van der Waals surface area contributed by atoms with E-state index in [-0.39, 0.29) is 65.5 Å². The van der Waals surface area contributed by atoms with E-state index in [9.17, 15) is 0 Å². The molecule has 2 rings (SSSR count). The second-order valence-electron chi connectivity index (χ2n) is 4.09. The van der Waals surface area contributed by atoms with E-state index < -0.39 is 0 Å². The molecule has 0 N–H and O–H groups in total. The molecule has 0 unspecified atom stereocenters. The molecule has 0 spiro atoms. The van der Waals surface area contributed by atoms with E-state index in [1.165, 1.54) is 36.8 Å². The van der Waals surface area contributed by atoms with Crippen molar-refractivity contribution in [3.8, 4) is 0 Å². The second-order valence-corrected chi connectivity index (χ2v) is 4.09. The Labute approximate surface area is 164 Å². The van der Waals surface area contributed by atoms with Gasteiger partial charge in [-0.05, 0) is 0 Å². The summed E-state index contributed by atoms with van der Waals surface area (Å²) < 4.78 is 0. The molecule has 0 amide bonds. The summed E-state index contributed by atoms with van der Waals surface area (Å²) in [5.74, 6) is 0. The smallest absolute Gasteiger partial charge is 0.358 e. The van der Waals surface area contributed by atoms with Crippen molar-refractivity contribution in [2.24, 2.45) is 0 Å². The van der Waals surface area contributed by atoms with E-state index in [0.717, 1.165) is 0 Å². The van der Waals surface area contributed by atoms with Gasteiger partial charge in [0.25, 0.3) is 0 Å². The van der Waals surface area contributed by atoms with Crippen molar-refractivity contribution < 1.29 is 25.8 Å². The fourth-order valence-corrected chi connectivity index (χ4v) is 1.74. The van der Waals surface area contributed by atoms with Gasteiger partial charge in [-0.1, -0.05) is 39.5 Å². The van der Waals surface area contributed by atoms with Crippen LogP contribution in [0.25, 0.3) is 0 Å². The molecule has 0 fully saturated rings. The molecular formula is C18H30Cl2Hf. The van der Waals surface area contributed by atoms with Crippen LogP contribution in [0.15, 0.2) is 48.5 Å². The minimum atomic E-state index is 0. The molecule has 0 radical (unpaired) electrons. The molecule has 2 aromatic carbocycles. The number of hydrogen-bond donors (Lipinski definition) is 0. The molecule has 2 aromatic rings. The summed E-state index contributed by atoms with van der Waals surface area (Å²) in [6.45, 7) is 4.40. The van der Waals surface area contributed by atoms with Crippen LogP contribution >= 0.6 is 24.8 Å². The molecule has 120 valence electrons. The Kier molecular flexibility index (Phi) is 35.2. The molecule has 0 saturated carbocycles. The van der Waals surface area contributed by atoms with Crippen molar-refractivity contribution in [2.75, 3.05) is 0 Å². The summed E-state index contributed by atoms with van der Waals surface area (Å²) in [7, 11) is 0. The van der Waals surface area contributed by atoms with Crippen LogP contribution < -0.4 is 0 Å². The second kappa shape index (κ2) is 22.4. The van der Waals surface area contributed by atoms with E-state index >= 15 is 0 Å². The first-order valence-electron chi connectivity index (χ1n) is 6.28. The molecule has 0 atom stereocenters. The summed E-state index contributed by atoms with van der Waals surface area (Å²) in [5, 5.41) is 0. The summed E-state index contributed by atoms with van der Waals surface area (Å²) in [4.78, 5) is 0. The minimum Gasteiger partial charge on any atom is -0.358 e. The van der Waals surface area contributed by atoms with Gasteiger partial charge in [-0.15, -0.1) is 24.8 Å². The minimum absolute atomic E-state index is 0. The Balaban J connectivity index is -0.0000000656. The van der Waals surface area contributed by atoms with Crippen molar-refractivity contribution in [1.29, 1.82) is 0 Å². The van der Waals surface area contributed by atoms with Gasteiger partial charge in [0.2, 0.25) is 0 Å². The third-order valence-electron chi connectivity index (χ3n) is 2.54. The number of aryl methyl sites for hydroxylation is 2. The fourth-order valence-electron chi connectivity index (χ4n) is 1.74. The summed E-state index contributed by atoms with van der Waals surface area (Å²) in [6.07, 6.45) is 4.97. The van der Waals surface area contributed by atoms with Crippen molar-refractivity contribution in [1.82, 2.24) is 0 Å². The average molecular weight is 496 g/mol. The van der Waals surface area contributed by atoms with Crippen LogP contribution in [0.1, 0.15) is 37.8 Å². The maximum absolute atomic E-state index is 2.20. The van der Waals surface area contributed by atoms with Crippen molar-refractivity contribution >= 4 is 24.8 Å². The summed E-state index contributed by atoms with van der Waals surface area (Å²) >= 11 is 0. The largest absolute Gasteiger partial charge is 4.00 e. The molecule has 0 aliphatic heterocycles. The molecule has 0 aromatic heterocycles. The molecule has 0 heterocycles. The molecule has 0 saturated heterocycles. The predicted octanol–water partition coefficient (Wildman–Crippen LogP) is 6.46. The van der Waals surface area contributed by atoms with Gasteiger partial charge in [0.05, 0.1) is 0 Å². The van der Waals surface area contributed by atoms with Crippen LogP contribution in [0.4, 0.5) is 0 Å². The normalized spacial score (nSPS) is 7.33. The average Bonchev–Trinajstić information content (AvgIpc) is 2.92. The quantitative estimate of drug-likeness (QED) is 0.337. The van der Waals surface area contributed by atoms with E-state index in [2.05, 4.69) is 62.4 Å². The molecule has 0 aliphatic rings. The maximum Gasteiger partial charge on any atom is 4.00 e. The van der Waals surface area contributed by atoms with Gasteiger partial charge < -0.3 is 14.9 Å². The zero-order valence-electron chi connectivity index (χ0n) is 13.8. The molecule has 0 aliphatic carbocycles. The van der Waals surface area contributed by atoms with E-state index in [1.807, 2.05) is 0 Å². The van der Waals surface area contributed by atoms with Crippen LogP contribution in [0.3, 0.4) is 0 Å². The first-order valence-corrected chi connectivity index (χ1v) is 6.28. The molecule has 3 heteroatoms. The van der Waals surface area contributed by atoms with Crippen molar-refractivity contribution in [3.63, 3.8) is 0 Å². The van der Waals surface area contributed by atoms with Gasteiger partial charge in [0.15, 0.2) is 0 Å². The van der Waals surface area contributed by atoms with Crippen molar-refractivity contribution in [2.45, 2.75) is 39.5 Å². The van der Waals surface area contributed by atoms with Crippen LogP contribution in [-0.4, -0.2) is 0 Å². The molecule has 0 bridgehead atoms. The van der Waals surface area contributed by atoms with Gasteiger partial charge in [-0.25, -0.2) is 24.3 Å². The van der Waals surface area contributed by atoms with E-state index in [4.69, 9.17) is 0 Å². The Bertz CT molecular complexity index is 303. The summed E-state index contributed by atoms with van der Waals surface area (Å²) in [6, 6.07) is 17.0. The van der Waals surface area contributed by atoms with Crippen LogP contribution in [-0.2, 0) is 38.7 Å². The number of hydrogen-bond acceptors (Lipinski definition) is 0. The van der Waals surface area contributed by atoms with Gasteiger partial charge in [0, 0.05) is 0 Å². The Hall–Kier alpha value is 0.150. The fraction of sp³-hybridized carbons (Fsp3) is 0.333. The zero-order valence-corrected chi connectivity index (χ0v) is 19.0. The number of rotatable bonds is 4. The molecule has 0 nitrogen and oxygen atoms in total. The van der Waals surface area contributed by atoms with Gasteiger partial charge >= 0.3 is 25.8 Å². The SMILES string of the molecule is CCC[c-]1cccc1.CCC[c-]1cccc1.Cl.Cl.[CH3-].[CH3-].[Hf+4]. The maximum atomic E-state index is 2.20. The molecular weight excluding hydrogens is 466 g/mol. The van der Waals surface area contributed by atoms with Crippen molar-refractivity contribution in [3.05, 3.63) is 74.5 Å². The predicted molar refractivity (Wildman–Crippen MR) is 99.4 cm³/mol. The molecule has 21 heavy (non-hydrogen) atoms. The van der Waals surface area contributed by atoms with E-state index in [1.54, 1.807) is 0 Å². The van der Waals surface area contributed by atoms with Crippen LogP contribution in [0.2, 0.25) is 0 Å². The Morgan fingerprint density at radius 1 is 0.619 bits per heavy atom. The Morgan fingerprint density at radius 3 is 1.05 bits per heavy atom. The standard InChI is InChI=1S/2C8H11.2CH3.2ClH.Hf/c2*1-2-5-8-6-3-4-7-8;;;;;/h2*3-4,6-7H,2,5H2,1H3;2*1H3;2*1H;/q4*-1;;;+4. The van der Waals surface area contributed by atoms with Gasteiger partial charge in [0.1, 0.15) is 0 Å². The summed E-state index contributed by atoms with van der Waals surface area (Å²) in [5.41, 5.74) is 2.93. The van der Waals surface area contributed by atoms with Crippen LogP contribution in [0.5, 0.6) is 0 Å². The third-order valence-corrected chi connectivity index (χ3v) is 2.54. The van der Waals surface area contributed by atoms with Crippen LogP contribution in [0, 0.1) is 14.9 Å². The van der Waals surface area contributed by atoms with Gasteiger partial charge in [-0.2, -0.15) is 35.4 Å². The number of halogens is 2.